The van der Waals surface area contributed by atoms with Gasteiger partial charge in [-0.25, -0.2) is 0 Å². The smallest absolute Gasteiger partial charge is 0.319 e. The maximum atomic E-state index is 11.0. The van der Waals surface area contributed by atoms with E-state index in [-0.39, 0.29) is 0 Å². The third kappa shape index (κ3) is 13.5. The lowest BCUT2D eigenvalue weighted by Gasteiger charge is -2.22. The summed E-state index contributed by atoms with van der Waals surface area (Å²) in [6.07, 6.45) is 17.9. The van der Waals surface area contributed by atoms with Crippen molar-refractivity contribution in [2.75, 3.05) is 38.6 Å². The van der Waals surface area contributed by atoms with Crippen molar-refractivity contribution in [2.45, 2.75) is 102 Å². The zero-order valence-electron chi connectivity index (χ0n) is 18.6. The van der Waals surface area contributed by atoms with Gasteiger partial charge < -0.3 is 14.4 Å². The molecule has 2 fully saturated rings. The van der Waals surface area contributed by atoms with Crippen LogP contribution >= 0.6 is 10.8 Å². The maximum absolute atomic E-state index is 11.0. The molecule has 2 rings (SSSR count). The Hall–Kier alpha value is 0.140. The summed E-state index contributed by atoms with van der Waals surface area (Å²) >= 11 is 0. The second-order valence-corrected chi connectivity index (χ2v) is 12.2. The van der Waals surface area contributed by atoms with E-state index in [0.717, 1.165) is 64.8 Å². The van der Waals surface area contributed by atoms with Crippen LogP contribution in [0.3, 0.4) is 0 Å². The van der Waals surface area contributed by atoms with Crippen LogP contribution in [0, 0.1) is 0 Å². The number of rotatable bonds is 18. The zero-order valence-corrected chi connectivity index (χ0v) is 20.3. The molecule has 0 heterocycles. The van der Waals surface area contributed by atoms with Crippen molar-refractivity contribution < 1.29 is 22.4 Å². The molecule has 0 spiro atoms. The van der Waals surface area contributed by atoms with E-state index in [1.807, 2.05) is 0 Å². The molecule has 178 valence electrons. The number of hydrogen-bond donors (Lipinski definition) is 1. The van der Waals surface area contributed by atoms with Gasteiger partial charge in [0.25, 0.3) is 0 Å². The van der Waals surface area contributed by atoms with Crippen molar-refractivity contribution in [3.05, 3.63) is 0 Å². The molecule has 0 aromatic carbocycles. The van der Waals surface area contributed by atoms with E-state index in [4.69, 9.17) is 14.0 Å². The van der Waals surface area contributed by atoms with Crippen molar-refractivity contribution in [3.8, 4) is 0 Å². The molecule has 1 N–H and O–H groups in total. The summed E-state index contributed by atoms with van der Waals surface area (Å²) in [6.45, 7) is 4.39. The van der Waals surface area contributed by atoms with Gasteiger partial charge in [-0.1, -0.05) is 25.7 Å². The van der Waals surface area contributed by atoms with Crippen LogP contribution in [0.5, 0.6) is 0 Å². The van der Waals surface area contributed by atoms with E-state index in [0.29, 0.717) is 35.3 Å². The first-order valence-electron chi connectivity index (χ1n) is 12.1. The third-order valence-corrected chi connectivity index (χ3v) is 8.23. The first-order valence-corrected chi connectivity index (χ1v) is 15.0. The van der Waals surface area contributed by atoms with Crippen molar-refractivity contribution in [1.82, 2.24) is 4.90 Å². The molecular formula is C22H43NO5S2. The van der Waals surface area contributed by atoms with Gasteiger partial charge in [-0.3, -0.25) is 4.55 Å². The van der Waals surface area contributed by atoms with E-state index >= 15 is 0 Å². The van der Waals surface area contributed by atoms with Gasteiger partial charge >= 0.3 is 9.15 Å². The highest BCUT2D eigenvalue weighted by Gasteiger charge is 2.15. The number of ether oxygens (including phenoxy) is 2. The summed E-state index contributed by atoms with van der Waals surface area (Å²) < 4.78 is 42.7. The van der Waals surface area contributed by atoms with Gasteiger partial charge in [0.1, 0.15) is 0 Å². The molecule has 2 aliphatic rings. The minimum Gasteiger partial charge on any atom is -0.378 e. The lowest BCUT2D eigenvalue weighted by atomic mass is 10.2. The Kier molecular flexibility index (Phi) is 14.0. The fraction of sp³-hybridized carbons (Fsp3) is 1.00. The summed E-state index contributed by atoms with van der Waals surface area (Å²) in [7, 11) is -3.31. The SMILES string of the molecule is O=S(=O)(O)SCCN(CCCCCOC1CCCC1)CCCCCOC1CCCC1. The van der Waals surface area contributed by atoms with E-state index in [2.05, 4.69) is 4.90 Å². The highest BCUT2D eigenvalue weighted by atomic mass is 33.1. The first-order chi connectivity index (χ1) is 14.5. The molecule has 2 saturated carbocycles. The van der Waals surface area contributed by atoms with Crippen LogP contribution in [0.15, 0.2) is 0 Å². The topological polar surface area (TPSA) is 76.1 Å². The van der Waals surface area contributed by atoms with Crippen LogP contribution in [-0.2, 0) is 18.6 Å². The monoisotopic (exact) mass is 465 g/mol. The average molecular weight is 466 g/mol. The second kappa shape index (κ2) is 15.9. The number of hydrogen-bond acceptors (Lipinski definition) is 6. The molecular weight excluding hydrogens is 422 g/mol. The van der Waals surface area contributed by atoms with E-state index in [1.54, 1.807) is 0 Å². The highest BCUT2D eigenvalue weighted by Crippen LogP contribution is 2.22. The van der Waals surface area contributed by atoms with Gasteiger partial charge in [-0.15, -0.1) is 0 Å². The largest absolute Gasteiger partial charge is 0.378 e. The highest BCUT2D eigenvalue weighted by molar-refractivity contribution is 8.69. The fourth-order valence-corrected chi connectivity index (χ4v) is 5.84. The van der Waals surface area contributed by atoms with Gasteiger partial charge in [0, 0.05) is 25.5 Å². The Bertz CT molecular complexity index is 492. The molecule has 0 aromatic rings. The molecule has 0 radical (unpaired) electrons. The predicted octanol–water partition coefficient (Wildman–Crippen LogP) is 5.08. The quantitative estimate of drug-likeness (QED) is 0.172. The lowest BCUT2D eigenvalue weighted by Crippen LogP contribution is -2.29. The Morgan fingerprint density at radius 1 is 0.733 bits per heavy atom. The molecule has 0 atom stereocenters. The minimum absolute atomic E-state index is 0.411. The summed E-state index contributed by atoms with van der Waals surface area (Å²) in [5.41, 5.74) is 0. The van der Waals surface area contributed by atoms with Gasteiger partial charge in [0.2, 0.25) is 0 Å². The van der Waals surface area contributed by atoms with Crippen LogP contribution in [-0.4, -0.2) is 68.7 Å². The van der Waals surface area contributed by atoms with Crippen LogP contribution < -0.4 is 0 Å². The van der Waals surface area contributed by atoms with Gasteiger partial charge in [-0.2, -0.15) is 8.42 Å². The molecule has 2 aliphatic carbocycles. The Morgan fingerprint density at radius 3 is 1.63 bits per heavy atom. The molecule has 0 aliphatic heterocycles. The molecule has 0 aromatic heterocycles. The summed E-state index contributed by atoms with van der Waals surface area (Å²) in [5, 5.41) is 0. The fourth-order valence-electron chi connectivity index (χ4n) is 4.45. The van der Waals surface area contributed by atoms with Gasteiger partial charge in [-0.05, 0) is 88.1 Å². The zero-order chi connectivity index (χ0) is 21.5. The normalized spacial score (nSPS) is 18.7. The molecule has 8 heteroatoms. The Labute approximate surface area is 188 Å². The van der Waals surface area contributed by atoms with E-state index in [9.17, 15) is 8.42 Å². The molecule has 0 saturated heterocycles. The number of nitrogens with zero attached hydrogens (tertiary/aromatic N) is 1. The average Bonchev–Trinajstić information content (AvgIpc) is 3.39. The van der Waals surface area contributed by atoms with Crippen LogP contribution in [0.4, 0.5) is 0 Å². The van der Waals surface area contributed by atoms with Gasteiger partial charge in [0.15, 0.2) is 0 Å². The van der Waals surface area contributed by atoms with Crippen molar-refractivity contribution in [1.29, 1.82) is 0 Å². The summed E-state index contributed by atoms with van der Waals surface area (Å²) in [6, 6.07) is 0. The molecule has 30 heavy (non-hydrogen) atoms. The first kappa shape index (κ1) is 26.4. The van der Waals surface area contributed by atoms with Crippen molar-refractivity contribution >= 4 is 19.9 Å². The van der Waals surface area contributed by atoms with Crippen LogP contribution in [0.2, 0.25) is 0 Å². The minimum atomic E-state index is -3.94. The summed E-state index contributed by atoms with van der Waals surface area (Å²) in [4.78, 5) is 2.34. The predicted molar refractivity (Wildman–Crippen MR) is 125 cm³/mol. The van der Waals surface area contributed by atoms with Crippen LogP contribution in [0.25, 0.3) is 0 Å². The van der Waals surface area contributed by atoms with Crippen molar-refractivity contribution in [2.24, 2.45) is 0 Å². The molecule has 6 nitrogen and oxygen atoms in total. The van der Waals surface area contributed by atoms with Crippen molar-refractivity contribution in [3.63, 3.8) is 0 Å². The van der Waals surface area contributed by atoms with E-state index < -0.39 is 9.15 Å². The standard InChI is InChI=1S/C22H43NO5S2/c24-30(25,26)29-20-17-23(15-7-1-9-18-27-21-11-3-4-12-21)16-8-2-10-19-28-22-13-5-6-14-22/h21-22H,1-20H2,(H,24,25,26). The lowest BCUT2D eigenvalue weighted by molar-refractivity contribution is 0.0549. The number of unbranched alkanes of at least 4 members (excludes halogenated alkanes) is 4. The van der Waals surface area contributed by atoms with Crippen LogP contribution in [0.1, 0.15) is 89.9 Å². The van der Waals surface area contributed by atoms with E-state index in [1.165, 1.54) is 51.4 Å². The molecule has 0 bridgehead atoms. The molecule has 0 amide bonds. The Morgan fingerprint density at radius 2 is 1.20 bits per heavy atom. The Balaban J connectivity index is 1.52. The second-order valence-electron chi connectivity index (χ2n) is 8.77. The molecule has 0 unspecified atom stereocenters. The van der Waals surface area contributed by atoms with Gasteiger partial charge in [0.05, 0.1) is 12.2 Å². The third-order valence-electron chi connectivity index (χ3n) is 6.19. The summed E-state index contributed by atoms with van der Waals surface area (Å²) in [5.74, 6) is 0.411. The maximum Gasteiger partial charge on any atom is 0.319 e.